The van der Waals surface area contributed by atoms with Gasteiger partial charge in [0.05, 0.1) is 11.1 Å². The van der Waals surface area contributed by atoms with Gasteiger partial charge in [0.15, 0.2) is 0 Å². The van der Waals surface area contributed by atoms with E-state index < -0.39 is 0 Å². The molecule has 0 aliphatic heterocycles. The Hall–Kier alpha value is -3.59. The molecule has 0 unspecified atom stereocenters. The van der Waals surface area contributed by atoms with E-state index in [1.807, 2.05) is 6.20 Å². The number of benzene rings is 3. The van der Waals surface area contributed by atoms with Gasteiger partial charge in [0, 0.05) is 51.3 Å². The first-order valence-corrected chi connectivity index (χ1v) is 10.7. The van der Waals surface area contributed by atoms with E-state index in [0.717, 1.165) is 5.69 Å². The quantitative estimate of drug-likeness (QED) is 0.377. The van der Waals surface area contributed by atoms with Gasteiger partial charge in [-0.1, -0.05) is 42.5 Å². The molecule has 4 aromatic rings. The number of hydrogen-bond acceptors (Lipinski definition) is 3. The smallest absolute Gasteiger partial charge is 0.0753 e. The normalized spacial score (nSPS) is 14.1. The van der Waals surface area contributed by atoms with Gasteiger partial charge in [0.25, 0.3) is 0 Å². The number of fused-ring (bicyclic) bond motifs is 10. The number of hydrogen-bond donors (Lipinski definition) is 0. The molecular formula is C28H25N3. The van der Waals surface area contributed by atoms with Crippen molar-refractivity contribution >= 4 is 11.4 Å². The largest absolute Gasteiger partial charge is 0.378 e. The lowest BCUT2D eigenvalue weighted by molar-refractivity contribution is 0.790. The van der Waals surface area contributed by atoms with Gasteiger partial charge in [-0.05, 0) is 63.7 Å². The van der Waals surface area contributed by atoms with E-state index in [4.69, 9.17) is 4.98 Å². The topological polar surface area (TPSA) is 19.4 Å². The van der Waals surface area contributed by atoms with Crippen LogP contribution in [0.3, 0.4) is 0 Å². The first-order chi connectivity index (χ1) is 15.0. The lowest BCUT2D eigenvalue weighted by Crippen LogP contribution is -2.26. The molecule has 0 atom stereocenters. The monoisotopic (exact) mass is 403 g/mol. The summed E-state index contributed by atoms with van der Waals surface area (Å²) in [6.45, 7) is 0. The molecule has 3 heteroatoms. The molecule has 1 heterocycles. The predicted molar refractivity (Wildman–Crippen MR) is 129 cm³/mol. The number of rotatable bonds is 2. The number of nitrogens with zero attached hydrogens (tertiary/aromatic N) is 3. The maximum atomic E-state index is 4.86. The molecule has 31 heavy (non-hydrogen) atoms. The Morgan fingerprint density at radius 2 is 1.16 bits per heavy atom. The number of aromatic nitrogens is 1. The molecule has 1 spiro atoms. The van der Waals surface area contributed by atoms with Crippen LogP contribution in [0.15, 0.2) is 79.0 Å². The fourth-order valence-corrected chi connectivity index (χ4v) is 5.52. The van der Waals surface area contributed by atoms with Crippen LogP contribution in [0.25, 0.3) is 22.4 Å². The van der Waals surface area contributed by atoms with Gasteiger partial charge in [-0.25, -0.2) is 0 Å². The molecule has 3 aromatic carbocycles. The van der Waals surface area contributed by atoms with Crippen molar-refractivity contribution < 1.29 is 0 Å². The van der Waals surface area contributed by atoms with Crippen LogP contribution in [0.1, 0.15) is 22.3 Å². The van der Waals surface area contributed by atoms with Crippen molar-refractivity contribution in [3.8, 4) is 22.4 Å². The van der Waals surface area contributed by atoms with E-state index >= 15 is 0 Å². The summed E-state index contributed by atoms with van der Waals surface area (Å²) in [5.74, 6) is 0. The highest BCUT2D eigenvalue weighted by Crippen LogP contribution is 2.62. The third-order valence-corrected chi connectivity index (χ3v) is 6.94. The van der Waals surface area contributed by atoms with Crippen molar-refractivity contribution in [2.75, 3.05) is 38.0 Å². The first kappa shape index (κ1) is 18.2. The molecule has 0 fully saturated rings. The van der Waals surface area contributed by atoms with Crippen LogP contribution in [0.5, 0.6) is 0 Å². The number of anilines is 2. The molecule has 2 aliphatic carbocycles. The molecule has 0 N–H and O–H groups in total. The minimum atomic E-state index is -0.344. The maximum Gasteiger partial charge on any atom is 0.0753 e. The highest BCUT2D eigenvalue weighted by atomic mass is 15.1. The van der Waals surface area contributed by atoms with Crippen molar-refractivity contribution in [3.05, 3.63) is 101 Å². The molecule has 0 saturated carbocycles. The zero-order valence-corrected chi connectivity index (χ0v) is 18.3. The molecular weight excluding hydrogens is 378 g/mol. The van der Waals surface area contributed by atoms with Gasteiger partial charge >= 0.3 is 0 Å². The van der Waals surface area contributed by atoms with Crippen LogP contribution in [0.4, 0.5) is 11.4 Å². The second-order valence-electron chi connectivity index (χ2n) is 8.94. The van der Waals surface area contributed by atoms with Gasteiger partial charge in [0.1, 0.15) is 0 Å². The molecule has 2 aliphatic rings. The Morgan fingerprint density at radius 1 is 0.581 bits per heavy atom. The third kappa shape index (κ3) is 2.21. The Balaban J connectivity index is 1.81. The summed E-state index contributed by atoms with van der Waals surface area (Å²) in [7, 11) is 8.44. The lowest BCUT2D eigenvalue weighted by atomic mass is 9.70. The molecule has 1 aromatic heterocycles. The van der Waals surface area contributed by atoms with E-state index in [0.29, 0.717) is 0 Å². The van der Waals surface area contributed by atoms with Crippen LogP contribution in [0, 0.1) is 0 Å². The summed E-state index contributed by atoms with van der Waals surface area (Å²) >= 11 is 0. The van der Waals surface area contributed by atoms with Crippen LogP contribution in [-0.4, -0.2) is 33.2 Å². The Kier molecular flexibility index (Phi) is 3.64. The van der Waals surface area contributed by atoms with E-state index in [-0.39, 0.29) is 5.41 Å². The predicted octanol–water partition coefficient (Wildman–Crippen LogP) is 5.56. The fourth-order valence-electron chi connectivity index (χ4n) is 5.52. The van der Waals surface area contributed by atoms with Crippen LogP contribution >= 0.6 is 0 Å². The van der Waals surface area contributed by atoms with Crippen LogP contribution in [0.2, 0.25) is 0 Å². The van der Waals surface area contributed by atoms with E-state index in [1.165, 1.54) is 50.3 Å². The van der Waals surface area contributed by atoms with Crippen molar-refractivity contribution in [1.29, 1.82) is 0 Å². The van der Waals surface area contributed by atoms with Crippen molar-refractivity contribution in [1.82, 2.24) is 4.98 Å². The Morgan fingerprint density at radius 3 is 1.77 bits per heavy atom. The SMILES string of the molecule is CN(C)c1ccc2c(c1)C1(c3cc(N(C)C)ccc3-2)c2ccccc2-c2ncccc21. The summed E-state index contributed by atoms with van der Waals surface area (Å²) in [5, 5.41) is 0. The highest BCUT2D eigenvalue weighted by molar-refractivity contribution is 5.95. The van der Waals surface area contributed by atoms with Gasteiger partial charge < -0.3 is 9.80 Å². The van der Waals surface area contributed by atoms with Crippen molar-refractivity contribution in [2.24, 2.45) is 0 Å². The second kappa shape index (κ2) is 6.21. The van der Waals surface area contributed by atoms with Crippen LogP contribution in [-0.2, 0) is 5.41 Å². The average Bonchev–Trinajstić information content (AvgIpc) is 3.25. The van der Waals surface area contributed by atoms with Crippen LogP contribution < -0.4 is 9.80 Å². The van der Waals surface area contributed by atoms with Gasteiger partial charge in [-0.3, -0.25) is 4.98 Å². The van der Waals surface area contributed by atoms with Crippen molar-refractivity contribution in [3.63, 3.8) is 0 Å². The second-order valence-corrected chi connectivity index (χ2v) is 8.94. The molecule has 6 rings (SSSR count). The molecule has 0 saturated heterocycles. The highest BCUT2D eigenvalue weighted by Gasteiger charge is 2.52. The number of pyridine rings is 1. The van der Waals surface area contributed by atoms with E-state index in [1.54, 1.807) is 0 Å². The van der Waals surface area contributed by atoms with Gasteiger partial charge in [-0.2, -0.15) is 0 Å². The first-order valence-electron chi connectivity index (χ1n) is 10.7. The molecule has 0 amide bonds. The Labute approximate surface area is 183 Å². The minimum Gasteiger partial charge on any atom is -0.378 e. The average molecular weight is 404 g/mol. The lowest BCUT2D eigenvalue weighted by Gasteiger charge is -2.31. The van der Waals surface area contributed by atoms with Crippen molar-refractivity contribution in [2.45, 2.75) is 5.41 Å². The van der Waals surface area contributed by atoms with E-state index in [9.17, 15) is 0 Å². The summed E-state index contributed by atoms with van der Waals surface area (Å²) in [6, 6.07) is 27.0. The van der Waals surface area contributed by atoms with E-state index in [2.05, 4.69) is 111 Å². The summed E-state index contributed by atoms with van der Waals surface area (Å²) in [6.07, 6.45) is 1.91. The van der Waals surface area contributed by atoms with Gasteiger partial charge in [0.2, 0.25) is 0 Å². The standard InChI is InChI=1S/C28H25N3/c1-30(2)18-11-13-20-21-14-12-19(31(3)4)17-26(21)28(25(20)16-18)23-9-6-5-8-22(23)27-24(28)10-7-15-29-27/h5-17H,1-4H3. The zero-order valence-electron chi connectivity index (χ0n) is 18.3. The molecule has 3 nitrogen and oxygen atoms in total. The summed E-state index contributed by atoms with van der Waals surface area (Å²) in [5.41, 5.74) is 12.4. The molecule has 0 bridgehead atoms. The summed E-state index contributed by atoms with van der Waals surface area (Å²) < 4.78 is 0. The fraction of sp³-hybridized carbons (Fsp3) is 0.179. The summed E-state index contributed by atoms with van der Waals surface area (Å²) in [4.78, 5) is 9.24. The Bertz CT molecular complexity index is 1250. The third-order valence-electron chi connectivity index (χ3n) is 6.94. The van der Waals surface area contributed by atoms with Gasteiger partial charge in [-0.15, -0.1) is 0 Å². The zero-order chi connectivity index (χ0) is 21.3. The minimum absolute atomic E-state index is 0.344. The molecule has 152 valence electrons. The molecule has 0 radical (unpaired) electrons. The maximum absolute atomic E-state index is 4.86.